The van der Waals surface area contributed by atoms with Gasteiger partial charge in [-0.15, -0.1) is 0 Å². The van der Waals surface area contributed by atoms with Crippen molar-refractivity contribution in [2.45, 2.75) is 76.9 Å². The summed E-state index contributed by atoms with van der Waals surface area (Å²) in [4.78, 5) is 55.8. The van der Waals surface area contributed by atoms with Crippen LogP contribution >= 0.6 is 0 Å². The number of nitrogens with one attached hydrogen (secondary N) is 3. The highest BCUT2D eigenvalue weighted by molar-refractivity contribution is 6.07. The van der Waals surface area contributed by atoms with Crippen molar-refractivity contribution in [3.8, 4) is 6.07 Å². The van der Waals surface area contributed by atoms with Crippen LogP contribution in [0.2, 0.25) is 0 Å². The summed E-state index contributed by atoms with van der Waals surface area (Å²) in [5.74, 6) is -1.97. The number of hydrogen-bond donors (Lipinski definition) is 3. The van der Waals surface area contributed by atoms with Crippen molar-refractivity contribution in [1.29, 1.82) is 5.26 Å². The van der Waals surface area contributed by atoms with Gasteiger partial charge in [0.05, 0.1) is 11.5 Å². The molecule has 0 bridgehead atoms. The third-order valence-corrected chi connectivity index (χ3v) is 8.46. The number of likely N-dealkylation sites (tertiary alicyclic amines) is 1. The minimum absolute atomic E-state index is 0.00579. The van der Waals surface area contributed by atoms with Gasteiger partial charge in [-0.05, 0) is 60.9 Å². The Labute approximate surface area is 266 Å². The van der Waals surface area contributed by atoms with E-state index in [-0.39, 0.29) is 37.4 Å². The van der Waals surface area contributed by atoms with Crippen LogP contribution < -0.4 is 16.0 Å². The van der Waals surface area contributed by atoms with E-state index in [1.54, 1.807) is 25.1 Å². The second-order valence-electron chi connectivity index (χ2n) is 13.2. The van der Waals surface area contributed by atoms with Crippen molar-refractivity contribution in [2.24, 2.45) is 5.41 Å². The first-order chi connectivity index (χ1) is 21.8. The van der Waals surface area contributed by atoms with Gasteiger partial charge in [0, 0.05) is 24.7 Å². The molecule has 1 spiro atoms. The molecule has 11 nitrogen and oxygen atoms in total. The van der Waals surface area contributed by atoms with Crippen LogP contribution in [0.1, 0.15) is 67.4 Å². The van der Waals surface area contributed by atoms with Gasteiger partial charge in [0.2, 0.25) is 17.7 Å². The summed E-state index contributed by atoms with van der Waals surface area (Å²) in [6.45, 7) is 7.39. The van der Waals surface area contributed by atoms with Crippen LogP contribution in [-0.4, -0.2) is 58.4 Å². The second-order valence-corrected chi connectivity index (χ2v) is 13.2. The quantitative estimate of drug-likeness (QED) is 0.325. The molecule has 2 aromatic carbocycles. The summed E-state index contributed by atoms with van der Waals surface area (Å²) >= 11 is 0. The standard InChI is InChI=1S/C34H37FN6O5/c1-20-15-27(40-46-20)30(43)37-26(14-11-21-9-12-22(35)13-10-21)29(42)38-28(17-33(2,3)4)31(44)41-19-34(16-23(41)18-36)24-7-5-6-8-25(24)39-32(34)45/h5-10,12-13,15,23,26,28H,11,14,16-17,19H2,1-4H3,(H,37,43)(H,38,42)(H,39,45)/t23-,26-,28-,34-/m0/s1. The average Bonchev–Trinajstić information content (AvgIpc) is 3.70. The molecule has 3 heterocycles. The van der Waals surface area contributed by atoms with Crippen molar-refractivity contribution in [3.63, 3.8) is 0 Å². The van der Waals surface area contributed by atoms with Gasteiger partial charge in [0.15, 0.2) is 5.69 Å². The molecule has 240 valence electrons. The number of nitrogens with zero attached hydrogens (tertiary/aromatic N) is 3. The van der Waals surface area contributed by atoms with Crippen LogP contribution in [0.15, 0.2) is 59.1 Å². The van der Waals surface area contributed by atoms with Crippen LogP contribution in [0.4, 0.5) is 10.1 Å². The van der Waals surface area contributed by atoms with E-state index < -0.39 is 52.5 Å². The first-order valence-electron chi connectivity index (χ1n) is 15.2. The van der Waals surface area contributed by atoms with Gasteiger partial charge in [0.25, 0.3) is 5.91 Å². The molecule has 12 heteroatoms. The van der Waals surface area contributed by atoms with E-state index in [0.717, 1.165) is 11.1 Å². The van der Waals surface area contributed by atoms with Crippen LogP contribution in [0.3, 0.4) is 0 Å². The number of halogens is 1. The van der Waals surface area contributed by atoms with Crippen molar-refractivity contribution >= 4 is 29.3 Å². The Morgan fingerprint density at radius 1 is 1.15 bits per heavy atom. The van der Waals surface area contributed by atoms with Crippen molar-refractivity contribution in [2.75, 3.05) is 11.9 Å². The number of hydrogen-bond acceptors (Lipinski definition) is 7. The number of anilines is 1. The molecule has 1 saturated heterocycles. The lowest BCUT2D eigenvalue weighted by Gasteiger charge is -2.32. The Morgan fingerprint density at radius 2 is 1.87 bits per heavy atom. The van der Waals surface area contributed by atoms with Gasteiger partial charge in [-0.25, -0.2) is 4.39 Å². The average molecular weight is 629 g/mol. The van der Waals surface area contributed by atoms with Gasteiger partial charge in [-0.3, -0.25) is 19.2 Å². The predicted molar refractivity (Wildman–Crippen MR) is 166 cm³/mol. The van der Waals surface area contributed by atoms with Gasteiger partial charge < -0.3 is 25.4 Å². The molecule has 46 heavy (non-hydrogen) atoms. The summed E-state index contributed by atoms with van der Waals surface area (Å²) in [6.07, 6.45) is 0.819. The van der Waals surface area contributed by atoms with Crippen molar-refractivity contribution in [1.82, 2.24) is 20.7 Å². The predicted octanol–water partition coefficient (Wildman–Crippen LogP) is 3.79. The Bertz CT molecular complexity index is 1690. The third kappa shape index (κ3) is 6.78. The number of fused-ring (bicyclic) bond motifs is 2. The first kappa shape index (κ1) is 32.3. The zero-order valence-corrected chi connectivity index (χ0v) is 26.2. The number of amides is 4. The molecule has 0 aliphatic carbocycles. The Hall–Kier alpha value is -5.05. The fourth-order valence-electron chi connectivity index (χ4n) is 6.21. The number of carbonyl (C=O) groups is 4. The van der Waals surface area contributed by atoms with E-state index in [2.05, 4.69) is 27.2 Å². The number of rotatable bonds is 9. The summed E-state index contributed by atoms with van der Waals surface area (Å²) in [5.41, 5.74) is 0.634. The number of aryl methyl sites for hydroxylation is 2. The summed E-state index contributed by atoms with van der Waals surface area (Å²) in [5, 5.41) is 22.3. The molecular formula is C34H37FN6O5. The molecule has 2 aliphatic rings. The summed E-state index contributed by atoms with van der Waals surface area (Å²) in [7, 11) is 0. The third-order valence-electron chi connectivity index (χ3n) is 8.46. The number of benzene rings is 2. The highest BCUT2D eigenvalue weighted by Gasteiger charge is 2.56. The Morgan fingerprint density at radius 3 is 2.52 bits per heavy atom. The number of aromatic nitrogens is 1. The summed E-state index contributed by atoms with van der Waals surface area (Å²) in [6, 6.07) is 13.7. The van der Waals surface area contributed by atoms with Crippen molar-refractivity contribution in [3.05, 3.63) is 83.0 Å². The van der Waals surface area contributed by atoms with E-state index in [0.29, 0.717) is 17.9 Å². The smallest absolute Gasteiger partial charge is 0.274 e. The molecule has 4 atom stereocenters. The van der Waals surface area contributed by atoms with E-state index in [1.807, 2.05) is 39.0 Å². The fourth-order valence-corrected chi connectivity index (χ4v) is 6.21. The maximum absolute atomic E-state index is 14.3. The largest absolute Gasteiger partial charge is 0.361 e. The van der Waals surface area contributed by atoms with Crippen LogP contribution in [-0.2, 0) is 26.2 Å². The molecular weight excluding hydrogens is 591 g/mol. The lowest BCUT2D eigenvalue weighted by Crippen LogP contribution is -2.56. The molecule has 5 rings (SSSR count). The van der Waals surface area contributed by atoms with E-state index in [4.69, 9.17) is 4.52 Å². The normalized spacial score (nSPS) is 20.0. The van der Waals surface area contributed by atoms with Gasteiger partial charge >= 0.3 is 0 Å². The van der Waals surface area contributed by atoms with E-state index in [9.17, 15) is 28.8 Å². The minimum atomic E-state index is -1.09. The first-order valence-corrected chi connectivity index (χ1v) is 15.2. The molecule has 3 N–H and O–H groups in total. The molecule has 3 aromatic rings. The topological polar surface area (TPSA) is 157 Å². The maximum Gasteiger partial charge on any atom is 0.274 e. The Balaban J connectivity index is 1.39. The van der Waals surface area contributed by atoms with Crippen LogP contribution in [0, 0.1) is 29.5 Å². The molecule has 0 saturated carbocycles. The van der Waals surface area contributed by atoms with Crippen molar-refractivity contribution < 1.29 is 28.1 Å². The minimum Gasteiger partial charge on any atom is -0.361 e. The number of carbonyl (C=O) groups excluding carboxylic acids is 4. The number of nitriles is 1. The van der Waals surface area contributed by atoms with Gasteiger partial charge in [0.1, 0.15) is 29.7 Å². The highest BCUT2D eigenvalue weighted by Crippen LogP contribution is 2.46. The van der Waals surface area contributed by atoms with Crippen LogP contribution in [0.5, 0.6) is 0 Å². The SMILES string of the molecule is Cc1cc(C(=O)N[C@@H](CCc2ccc(F)cc2)C(=O)N[C@@H](CC(C)(C)C)C(=O)N2C[C@]3(C[C@H]2C#N)C(=O)Nc2ccccc23)no1. The molecule has 1 fully saturated rings. The van der Waals surface area contributed by atoms with E-state index in [1.165, 1.54) is 23.1 Å². The summed E-state index contributed by atoms with van der Waals surface area (Å²) < 4.78 is 18.5. The maximum atomic E-state index is 14.3. The monoisotopic (exact) mass is 628 g/mol. The number of para-hydroxylation sites is 1. The fraction of sp³-hybridized carbons (Fsp3) is 0.412. The zero-order chi connectivity index (χ0) is 33.2. The molecule has 2 aliphatic heterocycles. The van der Waals surface area contributed by atoms with Crippen LogP contribution in [0.25, 0.3) is 0 Å². The Kier molecular flexibility index (Phi) is 8.96. The molecule has 4 amide bonds. The highest BCUT2D eigenvalue weighted by atomic mass is 19.1. The lowest BCUT2D eigenvalue weighted by atomic mass is 9.80. The lowest BCUT2D eigenvalue weighted by molar-refractivity contribution is -0.138. The zero-order valence-electron chi connectivity index (χ0n) is 26.2. The van der Waals surface area contributed by atoms with E-state index >= 15 is 0 Å². The second kappa shape index (κ2) is 12.7. The molecule has 0 unspecified atom stereocenters. The molecule has 1 aromatic heterocycles. The van der Waals surface area contributed by atoms with Gasteiger partial charge in [-0.1, -0.05) is 56.3 Å². The molecule has 0 radical (unpaired) electrons. The van der Waals surface area contributed by atoms with Gasteiger partial charge in [-0.2, -0.15) is 5.26 Å².